The zero-order chi connectivity index (χ0) is 19.6. The lowest BCUT2D eigenvalue weighted by atomic mass is 10.2. The number of benzene rings is 2. The van der Waals surface area contributed by atoms with E-state index in [2.05, 4.69) is 36.5 Å². The van der Waals surface area contributed by atoms with E-state index in [0.717, 1.165) is 4.47 Å². The molecular weight excluding hydrogens is 436 g/mol. The number of halogens is 1. The van der Waals surface area contributed by atoms with Crippen LogP contribution in [0.25, 0.3) is 0 Å². The Hall–Kier alpha value is -2.72. The average molecular weight is 451 g/mol. The van der Waals surface area contributed by atoms with Crippen molar-refractivity contribution in [2.75, 3.05) is 0 Å². The molecule has 0 radical (unpaired) electrons. The molecule has 0 aromatic heterocycles. The highest BCUT2D eigenvalue weighted by Gasteiger charge is 2.31. The number of rotatable bonds is 3. The third-order valence-corrected chi connectivity index (χ3v) is 5.70. The number of hydrazine groups is 1. The molecule has 2 amide bonds. The second kappa shape index (κ2) is 7.49. The second-order valence-electron chi connectivity index (χ2n) is 5.71. The van der Waals surface area contributed by atoms with E-state index in [-0.39, 0.29) is 10.7 Å². The maximum Gasteiger partial charge on any atom is 0.269 e. The molecule has 0 saturated heterocycles. The Balaban J connectivity index is 1.67. The lowest BCUT2D eigenvalue weighted by Crippen LogP contribution is -2.45. The molecule has 0 saturated carbocycles. The van der Waals surface area contributed by atoms with Gasteiger partial charge in [-0.25, -0.2) is 8.42 Å². The summed E-state index contributed by atoms with van der Waals surface area (Å²) in [4.78, 5) is 28.4. The molecule has 1 atom stereocenters. The Bertz CT molecular complexity index is 1040. The van der Waals surface area contributed by atoms with Crippen LogP contribution in [0, 0.1) is 0 Å². The Kier molecular flexibility index (Phi) is 5.29. The van der Waals surface area contributed by atoms with Gasteiger partial charge in [0.25, 0.3) is 21.8 Å². The maximum absolute atomic E-state index is 12.2. The van der Waals surface area contributed by atoms with Crippen molar-refractivity contribution >= 4 is 43.6 Å². The molecule has 8 nitrogen and oxygen atoms in total. The number of nitrogens with one attached hydrogen (secondary N) is 3. The summed E-state index contributed by atoms with van der Waals surface area (Å²) in [6.45, 7) is 1.49. The van der Waals surface area contributed by atoms with Crippen molar-refractivity contribution in [3.63, 3.8) is 0 Å². The van der Waals surface area contributed by atoms with Crippen molar-refractivity contribution in [1.82, 2.24) is 15.6 Å². The summed E-state index contributed by atoms with van der Waals surface area (Å²) < 4.78 is 27.3. The summed E-state index contributed by atoms with van der Waals surface area (Å²) in [6.07, 6.45) is 0. The summed E-state index contributed by atoms with van der Waals surface area (Å²) in [5.74, 6) is -0.980. The smallest absolute Gasteiger partial charge is 0.269 e. The van der Waals surface area contributed by atoms with Crippen molar-refractivity contribution in [3.8, 4) is 0 Å². The van der Waals surface area contributed by atoms with E-state index in [1.807, 2.05) is 0 Å². The fraction of sp³-hybridized carbons (Fsp3) is 0.118. The first-order chi connectivity index (χ1) is 12.8. The average Bonchev–Trinajstić information content (AvgIpc) is 2.90. The zero-order valence-electron chi connectivity index (χ0n) is 14.1. The predicted molar refractivity (Wildman–Crippen MR) is 103 cm³/mol. The zero-order valence-corrected chi connectivity index (χ0v) is 16.5. The van der Waals surface area contributed by atoms with Crippen molar-refractivity contribution < 1.29 is 18.0 Å². The SMILES string of the molecule is C[C@H](N=C1NS(=O)(=O)c2ccccc21)C(=O)NNC(=O)c1ccc(Br)cc1. The fourth-order valence-electron chi connectivity index (χ4n) is 2.38. The van der Waals surface area contributed by atoms with Gasteiger partial charge in [0.1, 0.15) is 11.9 Å². The summed E-state index contributed by atoms with van der Waals surface area (Å²) in [7, 11) is -3.68. The van der Waals surface area contributed by atoms with E-state index in [4.69, 9.17) is 0 Å². The van der Waals surface area contributed by atoms with Crippen molar-refractivity contribution in [2.24, 2.45) is 4.99 Å². The molecular formula is C17H15BrN4O4S. The summed E-state index contributed by atoms with van der Waals surface area (Å²) in [5, 5.41) is 0. The van der Waals surface area contributed by atoms with Crippen molar-refractivity contribution in [1.29, 1.82) is 0 Å². The van der Waals surface area contributed by atoms with E-state index in [1.165, 1.54) is 13.0 Å². The molecule has 2 aromatic rings. The quantitative estimate of drug-likeness (QED) is 0.611. The van der Waals surface area contributed by atoms with Gasteiger partial charge in [-0.3, -0.25) is 30.2 Å². The minimum absolute atomic E-state index is 0.0903. The first kappa shape index (κ1) is 19.1. The summed E-state index contributed by atoms with van der Waals surface area (Å²) in [6, 6.07) is 12.0. The van der Waals surface area contributed by atoms with Gasteiger partial charge in [0.15, 0.2) is 0 Å². The van der Waals surface area contributed by atoms with Crippen LogP contribution >= 0.6 is 15.9 Å². The minimum atomic E-state index is -3.68. The van der Waals surface area contributed by atoms with Gasteiger partial charge in [-0.1, -0.05) is 28.1 Å². The normalized spacial score (nSPS) is 16.9. The molecule has 0 unspecified atom stereocenters. The van der Waals surface area contributed by atoms with Gasteiger partial charge < -0.3 is 0 Å². The molecule has 3 N–H and O–H groups in total. The second-order valence-corrected chi connectivity index (χ2v) is 8.27. The molecule has 10 heteroatoms. The molecule has 1 aliphatic heterocycles. The maximum atomic E-state index is 12.2. The topological polar surface area (TPSA) is 117 Å². The van der Waals surface area contributed by atoms with Crippen LogP contribution in [0.4, 0.5) is 0 Å². The van der Waals surface area contributed by atoms with Gasteiger partial charge in [0.05, 0.1) is 4.90 Å². The number of amidine groups is 1. The Morgan fingerprint density at radius 1 is 1.07 bits per heavy atom. The van der Waals surface area contributed by atoms with Gasteiger partial charge >= 0.3 is 0 Å². The molecule has 1 aliphatic rings. The number of sulfonamides is 1. The Labute approximate surface area is 164 Å². The van der Waals surface area contributed by atoms with E-state index >= 15 is 0 Å². The van der Waals surface area contributed by atoms with E-state index in [1.54, 1.807) is 42.5 Å². The lowest BCUT2D eigenvalue weighted by molar-refractivity contribution is -0.122. The number of aliphatic imine (C=N–C) groups is 1. The summed E-state index contributed by atoms with van der Waals surface area (Å²) >= 11 is 3.27. The number of amides is 2. The molecule has 0 bridgehead atoms. The monoisotopic (exact) mass is 450 g/mol. The highest BCUT2D eigenvalue weighted by Crippen LogP contribution is 2.22. The molecule has 0 spiro atoms. The number of hydrogen-bond donors (Lipinski definition) is 3. The van der Waals surface area contributed by atoms with Crippen LogP contribution in [0.5, 0.6) is 0 Å². The largest absolute Gasteiger partial charge is 0.271 e. The van der Waals surface area contributed by atoms with Gasteiger partial charge in [-0.15, -0.1) is 0 Å². The third kappa shape index (κ3) is 4.17. The molecule has 0 fully saturated rings. The van der Waals surface area contributed by atoms with Gasteiger partial charge in [0.2, 0.25) is 0 Å². The first-order valence-corrected chi connectivity index (χ1v) is 10.1. The number of fused-ring (bicyclic) bond motifs is 1. The fourth-order valence-corrected chi connectivity index (χ4v) is 3.88. The van der Waals surface area contributed by atoms with Crippen molar-refractivity contribution in [3.05, 3.63) is 64.1 Å². The van der Waals surface area contributed by atoms with E-state index in [9.17, 15) is 18.0 Å². The van der Waals surface area contributed by atoms with Crippen LogP contribution < -0.4 is 15.6 Å². The molecule has 3 rings (SSSR count). The minimum Gasteiger partial charge on any atom is -0.271 e. The van der Waals surface area contributed by atoms with Crippen molar-refractivity contribution in [2.45, 2.75) is 17.9 Å². The van der Waals surface area contributed by atoms with E-state index < -0.39 is 27.9 Å². The molecule has 2 aromatic carbocycles. The van der Waals surface area contributed by atoms with Gasteiger partial charge in [-0.2, -0.15) is 0 Å². The highest BCUT2D eigenvalue weighted by molar-refractivity contribution is 9.10. The molecule has 0 aliphatic carbocycles. The lowest BCUT2D eigenvalue weighted by Gasteiger charge is -2.11. The Morgan fingerprint density at radius 2 is 1.74 bits per heavy atom. The van der Waals surface area contributed by atoms with Crippen LogP contribution in [0.1, 0.15) is 22.8 Å². The van der Waals surface area contributed by atoms with E-state index in [0.29, 0.717) is 11.1 Å². The molecule has 27 heavy (non-hydrogen) atoms. The summed E-state index contributed by atoms with van der Waals surface area (Å²) in [5.41, 5.74) is 5.35. The van der Waals surface area contributed by atoms with Crippen LogP contribution in [0.3, 0.4) is 0 Å². The Morgan fingerprint density at radius 3 is 2.44 bits per heavy atom. The molecule has 1 heterocycles. The van der Waals surface area contributed by atoms with Crippen LogP contribution in [-0.4, -0.2) is 32.1 Å². The predicted octanol–water partition coefficient (Wildman–Crippen LogP) is 1.34. The highest BCUT2D eigenvalue weighted by atomic mass is 79.9. The third-order valence-electron chi connectivity index (χ3n) is 3.77. The number of hydrogen-bond acceptors (Lipinski definition) is 5. The van der Waals surface area contributed by atoms with Crippen LogP contribution in [0.15, 0.2) is 62.9 Å². The number of nitrogens with zero attached hydrogens (tertiary/aromatic N) is 1. The molecule has 140 valence electrons. The first-order valence-electron chi connectivity index (χ1n) is 7.84. The van der Waals surface area contributed by atoms with Crippen LogP contribution in [0.2, 0.25) is 0 Å². The number of carbonyl (C=O) groups is 2. The standard InChI is InChI=1S/C17H15BrN4O4S/c1-10(16(23)20-21-17(24)11-6-8-12(18)9-7-11)19-15-13-4-2-3-5-14(13)27(25,26)22-15/h2-10H,1H3,(H,19,22)(H,20,23)(H,21,24)/t10-/m0/s1. The van der Waals surface area contributed by atoms with Crippen LogP contribution in [-0.2, 0) is 14.8 Å². The van der Waals surface area contributed by atoms with Gasteiger partial charge in [-0.05, 0) is 43.3 Å². The van der Waals surface area contributed by atoms with Gasteiger partial charge in [0, 0.05) is 15.6 Å². The number of carbonyl (C=O) groups excluding carboxylic acids is 2.